The predicted octanol–water partition coefficient (Wildman–Crippen LogP) is 2.79. The molecule has 0 unspecified atom stereocenters. The Morgan fingerprint density at radius 1 is 1.33 bits per heavy atom. The van der Waals surface area contributed by atoms with Crippen molar-refractivity contribution in [1.29, 1.82) is 0 Å². The van der Waals surface area contributed by atoms with Gasteiger partial charge in [-0.25, -0.2) is 4.98 Å². The van der Waals surface area contributed by atoms with E-state index in [2.05, 4.69) is 18.8 Å². The molecule has 0 saturated heterocycles. The molecule has 1 aromatic rings. The highest BCUT2D eigenvalue weighted by atomic mass is 35.5. The van der Waals surface area contributed by atoms with Gasteiger partial charge in [-0.1, -0.05) is 31.5 Å². The highest BCUT2D eigenvalue weighted by Crippen LogP contribution is 2.10. The number of aromatic nitrogens is 1. The second kappa shape index (κ2) is 6.64. The molecule has 3 nitrogen and oxygen atoms in total. The van der Waals surface area contributed by atoms with Gasteiger partial charge in [-0.15, -0.1) is 0 Å². The first-order valence-electron chi connectivity index (χ1n) is 5.01. The van der Waals surface area contributed by atoms with Crippen LogP contribution in [0, 0.1) is 5.92 Å². The Balaban J connectivity index is 2.15. The number of rotatable bonds is 6. The van der Waals surface area contributed by atoms with E-state index >= 15 is 0 Å². The summed E-state index contributed by atoms with van der Waals surface area (Å²) in [6.07, 6.45) is 0. The van der Waals surface area contributed by atoms with E-state index in [0.717, 1.165) is 6.61 Å². The van der Waals surface area contributed by atoms with E-state index in [-0.39, 0.29) is 0 Å². The highest BCUT2D eigenvalue weighted by molar-refractivity contribution is 6.29. The maximum atomic E-state index is 5.70. The average molecular weight is 230 g/mol. The summed E-state index contributed by atoms with van der Waals surface area (Å²) in [5.74, 6) is 1.09. The summed E-state index contributed by atoms with van der Waals surface area (Å²) in [5, 5.41) is 0.440. The molecule has 4 heteroatoms. The summed E-state index contributed by atoms with van der Waals surface area (Å²) in [6, 6.07) is 5.29. The third-order valence-electron chi connectivity index (χ3n) is 1.62. The molecule has 0 radical (unpaired) electrons. The van der Waals surface area contributed by atoms with Gasteiger partial charge in [-0.05, 0) is 12.0 Å². The lowest BCUT2D eigenvalue weighted by Crippen LogP contribution is -2.10. The topological polar surface area (TPSA) is 31.4 Å². The van der Waals surface area contributed by atoms with Crippen molar-refractivity contribution in [3.63, 3.8) is 0 Å². The molecule has 0 aliphatic rings. The Morgan fingerprint density at radius 3 is 2.80 bits per heavy atom. The minimum absolute atomic E-state index is 0.440. The molecule has 0 aliphatic heterocycles. The molecule has 0 spiro atoms. The Hall–Kier alpha value is -0.800. The van der Waals surface area contributed by atoms with Gasteiger partial charge in [-0.3, -0.25) is 0 Å². The van der Waals surface area contributed by atoms with E-state index in [1.165, 1.54) is 0 Å². The molecule has 15 heavy (non-hydrogen) atoms. The molecule has 1 heterocycles. The van der Waals surface area contributed by atoms with Crippen LogP contribution in [0.25, 0.3) is 0 Å². The monoisotopic (exact) mass is 229 g/mol. The first-order valence-corrected chi connectivity index (χ1v) is 5.39. The van der Waals surface area contributed by atoms with E-state index in [0.29, 0.717) is 30.2 Å². The molecule has 0 atom stereocenters. The first kappa shape index (κ1) is 12.3. The summed E-state index contributed by atoms with van der Waals surface area (Å²) in [7, 11) is 0. The molecule has 0 aliphatic carbocycles. The van der Waals surface area contributed by atoms with Crippen LogP contribution in [-0.2, 0) is 4.74 Å². The van der Waals surface area contributed by atoms with Gasteiger partial charge >= 0.3 is 0 Å². The lowest BCUT2D eigenvalue weighted by Gasteiger charge is -2.07. The molecule has 84 valence electrons. The van der Waals surface area contributed by atoms with E-state index in [1.54, 1.807) is 18.2 Å². The molecular weight excluding hydrogens is 214 g/mol. The Labute approximate surface area is 95.4 Å². The van der Waals surface area contributed by atoms with Gasteiger partial charge in [0.1, 0.15) is 11.8 Å². The highest BCUT2D eigenvalue weighted by Gasteiger charge is 1.97. The fourth-order valence-electron chi connectivity index (χ4n) is 0.994. The van der Waals surface area contributed by atoms with Crippen molar-refractivity contribution in [2.24, 2.45) is 5.92 Å². The molecule has 0 saturated carbocycles. The van der Waals surface area contributed by atoms with Gasteiger partial charge in [0.05, 0.1) is 6.61 Å². The van der Waals surface area contributed by atoms with Gasteiger partial charge in [0, 0.05) is 12.7 Å². The Kier molecular flexibility index (Phi) is 5.43. The lowest BCUT2D eigenvalue weighted by atomic mass is 10.2. The molecular formula is C11H16ClNO2. The molecule has 0 amide bonds. The van der Waals surface area contributed by atoms with Crippen LogP contribution >= 0.6 is 11.6 Å². The van der Waals surface area contributed by atoms with E-state index in [4.69, 9.17) is 21.1 Å². The number of ether oxygens (including phenoxy) is 2. The van der Waals surface area contributed by atoms with Crippen LogP contribution in [0.15, 0.2) is 18.2 Å². The van der Waals surface area contributed by atoms with Gasteiger partial charge < -0.3 is 9.47 Å². The maximum Gasteiger partial charge on any atom is 0.214 e. The zero-order chi connectivity index (χ0) is 11.1. The fraction of sp³-hybridized carbons (Fsp3) is 0.545. The van der Waals surface area contributed by atoms with Gasteiger partial charge in [0.25, 0.3) is 0 Å². The van der Waals surface area contributed by atoms with E-state index in [1.807, 2.05) is 0 Å². The van der Waals surface area contributed by atoms with Crippen LogP contribution < -0.4 is 4.74 Å². The Bertz CT molecular complexity index is 292. The normalized spacial score (nSPS) is 10.7. The molecule has 0 fully saturated rings. The number of halogens is 1. The summed E-state index contributed by atoms with van der Waals surface area (Å²) >= 11 is 5.70. The lowest BCUT2D eigenvalue weighted by molar-refractivity contribution is 0.0806. The van der Waals surface area contributed by atoms with Crippen molar-refractivity contribution in [3.8, 4) is 5.88 Å². The summed E-state index contributed by atoms with van der Waals surface area (Å²) < 4.78 is 10.7. The summed E-state index contributed by atoms with van der Waals surface area (Å²) in [5.41, 5.74) is 0. The van der Waals surface area contributed by atoms with Crippen LogP contribution in [0.4, 0.5) is 0 Å². The van der Waals surface area contributed by atoms with Crippen molar-refractivity contribution in [3.05, 3.63) is 23.4 Å². The third-order valence-corrected chi connectivity index (χ3v) is 1.83. The van der Waals surface area contributed by atoms with Gasteiger partial charge in [-0.2, -0.15) is 0 Å². The third kappa shape index (κ3) is 5.60. The number of hydrogen-bond donors (Lipinski definition) is 0. The smallest absolute Gasteiger partial charge is 0.214 e. The SMILES string of the molecule is CC(C)COCCOc1cccc(Cl)n1. The second-order valence-corrected chi connectivity index (χ2v) is 4.00. The molecule has 0 bridgehead atoms. The maximum absolute atomic E-state index is 5.70. The zero-order valence-corrected chi connectivity index (χ0v) is 9.83. The number of hydrogen-bond acceptors (Lipinski definition) is 3. The molecule has 1 rings (SSSR count). The predicted molar refractivity (Wildman–Crippen MR) is 60.4 cm³/mol. The van der Waals surface area contributed by atoms with Gasteiger partial charge in [0.15, 0.2) is 0 Å². The van der Waals surface area contributed by atoms with Crippen LogP contribution in [0.3, 0.4) is 0 Å². The van der Waals surface area contributed by atoms with Gasteiger partial charge in [0.2, 0.25) is 5.88 Å². The first-order chi connectivity index (χ1) is 7.18. The average Bonchev–Trinajstić information content (AvgIpc) is 2.17. The Morgan fingerprint density at radius 2 is 2.13 bits per heavy atom. The van der Waals surface area contributed by atoms with Crippen molar-refractivity contribution in [2.75, 3.05) is 19.8 Å². The van der Waals surface area contributed by atoms with Crippen LogP contribution in [0.1, 0.15) is 13.8 Å². The van der Waals surface area contributed by atoms with E-state index in [9.17, 15) is 0 Å². The second-order valence-electron chi connectivity index (χ2n) is 3.62. The van der Waals surface area contributed by atoms with E-state index < -0.39 is 0 Å². The van der Waals surface area contributed by atoms with Crippen molar-refractivity contribution < 1.29 is 9.47 Å². The zero-order valence-electron chi connectivity index (χ0n) is 9.07. The fourth-order valence-corrected chi connectivity index (χ4v) is 1.15. The van der Waals surface area contributed by atoms with Crippen molar-refractivity contribution >= 4 is 11.6 Å². The quantitative estimate of drug-likeness (QED) is 0.555. The molecule has 0 N–H and O–H groups in total. The van der Waals surface area contributed by atoms with Crippen LogP contribution in [0.2, 0.25) is 5.15 Å². The summed E-state index contributed by atoms with van der Waals surface area (Å²) in [4.78, 5) is 3.99. The minimum atomic E-state index is 0.440. The van der Waals surface area contributed by atoms with Crippen molar-refractivity contribution in [2.45, 2.75) is 13.8 Å². The van der Waals surface area contributed by atoms with Crippen LogP contribution in [0.5, 0.6) is 5.88 Å². The minimum Gasteiger partial charge on any atom is -0.475 e. The van der Waals surface area contributed by atoms with Crippen LogP contribution in [-0.4, -0.2) is 24.8 Å². The number of nitrogens with zero attached hydrogens (tertiary/aromatic N) is 1. The number of pyridine rings is 1. The molecule has 1 aromatic heterocycles. The largest absolute Gasteiger partial charge is 0.475 e. The van der Waals surface area contributed by atoms with Crippen molar-refractivity contribution in [1.82, 2.24) is 4.98 Å². The summed E-state index contributed by atoms with van der Waals surface area (Å²) in [6.45, 7) is 6.05. The standard InChI is InChI=1S/C11H16ClNO2/c1-9(2)8-14-6-7-15-11-5-3-4-10(12)13-11/h3-5,9H,6-8H2,1-2H3. The molecule has 0 aromatic carbocycles.